The van der Waals surface area contributed by atoms with E-state index < -0.39 is 0 Å². The summed E-state index contributed by atoms with van der Waals surface area (Å²) in [4.78, 5) is 11.6. The Morgan fingerprint density at radius 1 is 1.60 bits per heavy atom. The SMILES string of the molecule is Nc1cc(Br)c(=O)n(CCOC2CC2)c1. The van der Waals surface area contributed by atoms with Crippen molar-refractivity contribution < 1.29 is 4.74 Å². The lowest BCUT2D eigenvalue weighted by molar-refractivity contribution is 0.111. The van der Waals surface area contributed by atoms with Gasteiger partial charge in [-0.25, -0.2) is 0 Å². The Bertz CT molecular complexity index is 412. The summed E-state index contributed by atoms with van der Waals surface area (Å²) in [5.74, 6) is 0. The van der Waals surface area contributed by atoms with Crippen molar-refractivity contribution in [3.63, 3.8) is 0 Å². The topological polar surface area (TPSA) is 57.2 Å². The van der Waals surface area contributed by atoms with Crippen LogP contribution in [0.5, 0.6) is 0 Å². The molecule has 2 rings (SSSR count). The molecule has 1 fully saturated rings. The van der Waals surface area contributed by atoms with Gasteiger partial charge in [-0.3, -0.25) is 4.79 Å². The maximum Gasteiger partial charge on any atom is 0.265 e. The van der Waals surface area contributed by atoms with Gasteiger partial charge in [0, 0.05) is 18.4 Å². The summed E-state index contributed by atoms with van der Waals surface area (Å²) in [6, 6.07) is 1.61. The smallest absolute Gasteiger partial charge is 0.265 e. The van der Waals surface area contributed by atoms with Gasteiger partial charge in [0.25, 0.3) is 5.56 Å². The molecule has 82 valence electrons. The highest BCUT2D eigenvalue weighted by Crippen LogP contribution is 2.23. The van der Waals surface area contributed by atoms with Crippen LogP contribution in [-0.2, 0) is 11.3 Å². The number of halogens is 1. The Labute approximate surface area is 96.2 Å². The van der Waals surface area contributed by atoms with E-state index in [0.717, 1.165) is 12.8 Å². The van der Waals surface area contributed by atoms with Crippen molar-refractivity contribution in [2.45, 2.75) is 25.5 Å². The maximum absolute atomic E-state index is 11.6. The molecule has 1 saturated carbocycles. The molecule has 0 amide bonds. The maximum atomic E-state index is 11.6. The Kier molecular flexibility index (Phi) is 3.11. The molecule has 0 radical (unpaired) electrons. The Balaban J connectivity index is 2.02. The third-order valence-electron chi connectivity index (χ3n) is 2.27. The van der Waals surface area contributed by atoms with Gasteiger partial charge in [-0.05, 0) is 34.8 Å². The molecule has 0 saturated heterocycles. The van der Waals surface area contributed by atoms with Gasteiger partial charge < -0.3 is 15.0 Å². The van der Waals surface area contributed by atoms with Crippen LogP contribution in [0.1, 0.15) is 12.8 Å². The molecule has 2 N–H and O–H groups in total. The molecule has 1 aromatic rings. The molecule has 0 unspecified atom stereocenters. The molecule has 0 aliphatic heterocycles. The van der Waals surface area contributed by atoms with Crippen molar-refractivity contribution in [3.8, 4) is 0 Å². The summed E-state index contributed by atoms with van der Waals surface area (Å²) >= 11 is 3.18. The van der Waals surface area contributed by atoms with Crippen LogP contribution in [0, 0.1) is 0 Å². The fraction of sp³-hybridized carbons (Fsp3) is 0.500. The van der Waals surface area contributed by atoms with Crippen LogP contribution in [0.2, 0.25) is 0 Å². The second-order valence-corrected chi connectivity index (χ2v) is 4.54. The van der Waals surface area contributed by atoms with Crippen molar-refractivity contribution in [1.82, 2.24) is 4.57 Å². The zero-order valence-corrected chi connectivity index (χ0v) is 9.87. The lowest BCUT2D eigenvalue weighted by atomic mass is 10.4. The number of nitrogens with two attached hydrogens (primary N) is 1. The number of anilines is 1. The van der Waals surface area contributed by atoms with Crippen LogP contribution in [0.15, 0.2) is 21.5 Å². The van der Waals surface area contributed by atoms with Crippen molar-refractivity contribution in [2.24, 2.45) is 0 Å². The summed E-state index contributed by atoms with van der Waals surface area (Å²) in [7, 11) is 0. The lowest BCUT2D eigenvalue weighted by Crippen LogP contribution is -2.23. The molecule has 0 aromatic carbocycles. The predicted octanol–water partition coefficient (Wildman–Crippen LogP) is 1.37. The first kappa shape index (κ1) is 10.7. The lowest BCUT2D eigenvalue weighted by Gasteiger charge is -2.07. The minimum atomic E-state index is -0.0661. The summed E-state index contributed by atoms with van der Waals surface area (Å²) in [6.45, 7) is 1.12. The molecule has 1 heterocycles. The van der Waals surface area contributed by atoms with Gasteiger partial charge in [0.05, 0.1) is 17.2 Å². The molecule has 15 heavy (non-hydrogen) atoms. The summed E-state index contributed by atoms with van der Waals surface area (Å²) in [5, 5.41) is 0. The van der Waals surface area contributed by atoms with Crippen LogP contribution in [0.25, 0.3) is 0 Å². The van der Waals surface area contributed by atoms with Gasteiger partial charge in [-0.1, -0.05) is 0 Å². The monoisotopic (exact) mass is 272 g/mol. The van der Waals surface area contributed by atoms with Gasteiger partial charge >= 0.3 is 0 Å². The quantitative estimate of drug-likeness (QED) is 0.901. The van der Waals surface area contributed by atoms with Crippen molar-refractivity contribution in [2.75, 3.05) is 12.3 Å². The highest BCUT2D eigenvalue weighted by Gasteiger charge is 2.21. The van der Waals surface area contributed by atoms with Gasteiger partial charge in [0.1, 0.15) is 0 Å². The number of nitrogens with zero attached hydrogens (tertiary/aromatic N) is 1. The number of aromatic nitrogens is 1. The Morgan fingerprint density at radius 3 is 3.00 bits per heavy atom. The summed E-state index contributed by atoms with van der Waals surface area (Å²) < 4.78 is 7.54. The average Bonchev–Trinajstić information content (AvgIpc) is 2.97. The van der Waals surface area contributed by atoms with Crippen molar-refractivity contribution >= 4 is 21.6 Å². The highest BCUT2D eigenvalue weighted by atomic mass is 79.9. The van der Waals surface area contributed by atoms with Gasteiger partial charge in [0.15, 0.2) is 0 Å². The largest absolute Gasteiger partial charge is 0.398 e. The van der Waals surface area contributed by atoms with Gasteiger partial charge in [-0.2, -0.15) is 0 Å². The molecule has 0 bridgehead atoms. The fourth-order valence-corrected chi connectivity index (χ4v) is 1.83. The van der Waals surface area contributed by atoms with E-state index in [4.69, 9.17) is 10.5 Å². The van der Waals surface area contributed by atoms with E-state index in [2.05, 4.69) is 15.9 Å². The summed E-state index contributed by atoms with van der Waals surface area (Å²) in [6.07, 6.45) is 4.36. The second-order valence-electron chi connectivity index (χ2n) is 3.69. The fourth-order valence-electron chi connectivity index (χ4n) is 1.34. The third kappa shape index (κ3) is 2.82. The van der Waals surface area contributed by atoms with E-state index in [1.807, 2.05) is 0 Å². The van der Waals surface area contributed by atoms with Crippen molar-refractivity contribution in [3.05, 3.63) is 27.1 Å². The first-order chi connectivity index (χ1) is 7.16. The molecule has 0 spiro atoms. The number of hydrogen-bond donors (Lipinski definition) is 1. The molecular weight excluding hydrogens is 260 g/mol. The minimum Gasteiger partial charge on any atom is -0.398 e. The van der Waals surface area contributed by atoms with E-state index in [1.54, 1.807) is 16.8 Å². The van der Waals surface area contributed by atoms with Crippen LogP contribution in [0.4, 0.5) is 5.69 Å². The number of pyridine rings is 1. The standard InChI is InChI=1S/C10H13BrN2O2/c11-9-5-7(12)6-13(10(9)14)3-4-15-8-1-2-8/h5-6,8H,1-4,12H2. The first-order valence-electron chi connectivity index (χ1n) is 4.94. The summed E-state index contributed by atoms with van der Waals surface area (Å²) in [5.41, 5.74) is 6.15. The highest BCUT2D eigenvalue weighted by molar-refractivity contribution is 9.10. The zero-order valence-electron chi connectivity index (χ0n) is 8.28. The molecule has 1 aromatic heterocycles. The van der Waals surface area contributed by atoms with Crippen LogP contribution >= 0.6 is 15.9 Å². The van der Waals surface area contributed by atoms with E-state index in [-0.39, 0.29) is 5.56 Å². The Morgan fingerprint density at radius 2 is 2.33 bits per heavy atom. The number of rotatable bonds is 4. The first-order valence-corrected chi connectivity index (χ1v) is 5.73. The zero-order chi connectivity index (χ0) is 10.8. The van der Waals surface area contributed by atoms with E-state index in [0.29, 0.717) is 29.4 Å². The third-order valence-corrected chi connectivity index (χ3v) is 2.84. The normalized spacial score (nSPS) is 15.5. The van der Waals surface area contributed by atoms with Crippen LogP contribution in [0.3, 0.4) is 0 Å². The molecule has 5 heteroatoms. The average molecular weight is 273 g/mol. The van der Waals surface area contributed by atoms with Crippen molar-refractivity contribution in [1.29, 1.82) is 0 Å². The van der Waals surface area contributed by atoms with Gasteiger partial charge in [-0.15, -0.1) is 0 Å². The number of nitrogen functional groups attached to an aromatic ring is 1. The minimum absolute atomic E-state index is 0.0661. The van der Waals surface area contributed by atoms with Crippen LogP contribution in [-0.4, -0.2) is 17.3 Å². The number of hydrogen-bond acceptors (Lipinski definition) is 3. The molecule has 4 nitrogen and oxygen atoms in total. The number of ether oxygens (including phenoxy) is 1. The van der Waals surface area contributed by atoms with E-state index in [1.165, 1.54) is 0 Å². The van der Waals surface area contributed by atoms with Crippen LogP contribution < -0.4 is 11.3 Å². The molecule has 1 aliphatic rings. The van der Waals surface area contributed by atoms with Gasteiger partial charge in [0.2, 0.25) is 0 Å². The van der Waals surface area contributed by atoms with E-state index in [9.17, 15) is 4.79 Å². The molecular formula is C10H13BrN2O2. The molecule has 0 atom stereocenters. The van der Waals surface area contributed by atoms with E-state index >= 15 is 0 Å². The Hall–Kier alpha value is -0.810. The molecule has 1 aliphatic carbocycles. The predicted molar refractivity (Wildman–Crippen MR) is 61.8 cm³/mol. The second kappa shape index (κ2) is 4.37.